The number of thiazole rings is 1. The lowest BCUT2D eigenvalue weighted by molar-refractivity contribution is -0.141. The summed E-state index contributed by atoms with van der Waals surface area (Å²) in [4.78, 5) is 29.9. The molecule has 1 aliphatic rings. The Bertz CT molecular complexity index is 533. The summed E-state index contributed by atoms with van der Waals surface area (Å²) in [6.07, 6.45) is 1.94. The maximum absolute atomic E-state index is 12.2. The molecule has 0 bridgehead atoms. The van der Waals surface area contributed by atoms with Crippen molar-refractivity contribution in [3.05, 3.63) is 16.1 Å². The van der Waals surface area contributed by atoms with Crippen molar-refractivity contribution in [3.63, 3.8) is 0 Å². The monoisotopic (exact) mass is 313 g/mol. The second-order valence-corrected chi connectivity index (χ2v) is 6.23. The van der Waals surface area contributed by atoms with Gasteiger partial charge >= 0.3 is 12.0 Å². The Morgan fingerprint density at radius 3 is 2.90 bits per heavy atom. The van der Waals surface area contributed by atoms with E-state index in [2.05, 4.69) is 10.3 Å². The minimum absolute atomic E-state index is 0.0353. The van der Waals surface area contributed by atoms with Crippen LogP contribution in [0.4, 0.5) is 4.79 Å². The molecular weight excluding hydrogens is 294 g/mol. The van der Waals surface area contributed by atoms with Crippen molar-refractivity contribution in [2.75, 3.05) is 6.54 Å². The Labute approximate surface area is 126 Å². The van der Waals surface area contributed by atoms with Gasteiger partial charge in [-0.3, -0.25) is 0 Å². The number of amides is 2. The van der Waals surface area contributed by atoms with Gasteiger partial charge in [0, 0.05) is 24.0 Å². The number of urea groups is 1. The summed E-state index contributed by atoms with van der Waals surface area (Å²) in [7, 11) is 0. The summed E-state index contributed by atoms with van der Waals surface area (Å²) < 4.78 is 0. The van der Waals surface area contributed by atoms with Crippen LogP contribution in [0.5, 0.6) is 0 Å². The summed E-state index contributed by atoms with van der Waals surface area (Å²) >= 11 is 1.52. The number of aliphatic hydroxyl groups is 1. The average molecular weight is 313 g/mol. The van der Waals surface area contributed by atoms with Gasteiger partial charge in [-0.15, -0.1) is 11.3 Å². The third-order valence-electron chi connectivity index (χ3n) is 3.46. The minimum Gasteiger partial charge on any atom is -0.480 e. The number of likely N-dealkylation sites (tertiary alicyclic amines) is 1. The lowest BCUT2D eigenvalue weighted by Crippen LogP contribution is -2.46. The van der Waals surface area contributed by atoms with Crippen LogP contribution in [-0.2, 0) is 11.2 Å². The highest BCUT2D eigenvalue weighted by molar-refractivity contribution is 7.11. The first kappa shape index (κ1) is 15.7. The van der Waals surface area contributed by atoms with E-state index < -0.39 is 24.1 Å². The molecule has 1 unspecified atom stereocenters. The highest BCUT2D eigenvalue weighted by atomic mass is 32.1. The second-order valence-electron chi connectivity index (χ2n) is 5.09. The fraction of sp³-hybridized carbons (Fsp3) is 0.615. The largest absolute Gasteiger partial charge is 0.480 e. The van der Waals surface area contributed by atoms with Crippen molar-refractivity contribution in [2.24, 2.45) is 0 Å². The molecule has 1 aliphatic heterocycles. The normalized spacial score (nSPS) is 23.1. The van der Waals surface area contributed by atoms with Gasteiger partial charge in [-0.1, -0.05) is 6.92 Å². The number of carbonyl (C=O) groups is 2. The predicted molar refractivity (Wildman–Crippen MR) is 77.2 cm³/mol. The van der Waals surface area contributed by atoms with Gasteiger partial charge in [0.05, 0.1) is 12.1 Å². The zero-order chi connectivity index (χ0) is 15.6. The van der Waals surface area contributed by atoms with Crippen molar-refractivity contribution in [2.45, 2.75) is 44.9 Å². The SMILES string of the molecule is CCc1cnc(C(C)NC(=O)N2C[C@H](O)C[C@@H]2C(=O)O)s1. The van der Waals surface area contributed by atoms with E-state index in [9.17, 15) is 14.7 Å². The fourth-order valence-corrected chi connectivity index (χ4v) is 3.15. The molecule has 8 heteroatoms. The molecule has 0 radical (unpaired) electrons. The van der Waals surface area contributed by atoms with E-state index in [0.717, 1.165) is 21.2 Å². The van der Waals surface area contributed by atoms with Gasteiger partial charge in [0.15, 0.2) is 0 Å². The first-order chi connectivity index (χ1) is 9.92. The zero-order valence-electron chi connectivity index (χ0n) is 11.9. The van der Waals surface area contributed by atoms with Crippen LogP contribution >= 0.6 is 11.3 Å². The molecule has 2 rings (SSSR count). The predicted octanol–water partition coefficient (Wildman–Crippen LogP) is 0.996. The van der Waals surface area contributed by atoms with Crippen LogP contribution < -0.4 is 5.32 Å². The van der Waals surface area contributed by atoms with Crippen LogP contribution in [0.2, 0.25) is 0 Å². The lowest BCUT2D eigenvalue weighted by Gasteiger charge is -2.23. The standard InChI is InChI=1S/C13H19N3O4S/c1-3-9-5-14-11(21-9)7(2)15-13(20)16-6-8(17)4-10(16)12(18)19/h5,7-8,10,17H,3-4,6H2,1-2H3,(H,15,20)(H,18,19)/t7?,8-,10-/m1/s1. The number of nitrogens with zero attached hydrogens (tertiary/aromatic N) is 2. The molecular formula is C13H19N3O4S. The number of aromatic nitrogens is 1. The first-order valence-electron chi connectivity index (χ1n) is 6.85. The van der Waals surface area contributed by atoms with Crippen molar-refractivity contribution in [1.29, 1.82) is 0 Å². The zero-order valence-corrected chi connectivity index (χ0v) is 12.8. The van der Waals surface area contributed by atoms with Crippen LogP contribution in [0.15, 0.2) is 6.20 Å². The van der Waals surface area contributed by atoms with Gasteiger partial charge in [-0.2, -0.15) is 0 Å². The first-order valence-corrected chi connectivity index (χ1v) is 7.66. The van der Waals surface area contributed by atoms with Gasteiger partial charge in [-0.05, 0) is 13.3 Å². The molecule has 3 N–H and O–H groups in total. The molecule has 7 nitrogen and oxygen atoms in total. The number of hydrogen-bond acceptors (Lipinski definition) is 5. The van der Waals surface area contributed by atoms with Gasteiger partial charge in [-0.25, -0.2) is 14.6 Å². The van der Waals surface area contributed by atoms with Crippen molar-refractivity contribution < 1.29 is 19.8 Å². The maximum atomic E-state index is 12.2. The summed E-state index contributed by atoms with van der Waals surface area (Å²) in [6, 6.07) is -1.76. The van der Waals surface area contributed by atoms with E-state index in [0.29, 0.717) is 0 Å². The van der Waals surface area contributed by atoms with Crippen LogP contribution in [0.3, 0.4) is 0 Å². The van der Waals surface area contributed by atoms with E-state index in [1.807, 2.05) is 6.92 Å². The highest BCUT2D eigenvalue weighted by Crippen LogP contribution is 2.22. The number of aliphatic hydroxyl groups excluding tert-OH is 1. The molecule has 1 saturated heterocycles. The van der Waals surface area contributed by atoms with Crippen LogP contribution in [0, 0.1) is 0 Å². The smallest absolute Gasteiger partial charge is 0.326 e. The number of carboxylic acids is 1. The fourth-order valence-electron chi connectivity index (χ4n) is 2.29. The Morgan fingerprint density at radius 2 is 2.33 bits per heavy atom. The molecule has 116 valence electrons. The number of aryl methyl sites for hydroxylation is 1. The van der Waals surface area contributed by atoms with E-state index in [-0.39, 0.29) is 19.0 Å². The number of hydrogen-bond donors (Lipinski definition) is 3. The molecule has 21 heavy (non-hydrogen) atoms. The van der Waals surface area contributed by atoms with Gasteiger partial charge in [0.2, 0.25) is 0 Å². The Morgan fingerprint density at radius 1 is 1.62 bits per heavy atom. The van der Waals surface area contributed by atoms with Gasteiger partial charge in [0.25, 0.3) is 0 Å². The number of carboxylic acid groups (broad SMARTS) is 1. The second kappa shape index (κ2) is 6.40. The average Bonchev–Trinajstić information content (AvgIpc) is 3.04. The van der Waals surface area contributed by atoms with Gasteiger partial charge in [0.1, 0.15) is 11.0 Å². The Kier molecular flexibility index (Phi) is 4.79. The molecule has 2 amide bonds. The molecule has 1 fully saturated rings. The summed E-state index contributed by atoms with van der Waals surface area (Å²) in [5, 5.41) is 22.2. The molecule has 2 heterocycles. The summed E-state index contributed by atoms with van der Waals surface area (Å²) in [5.74, 6) is -1.10. The van der Waals surface area contributed by atoms with Crippen molar-refractivity contribution in [3.8, 4) is 0 Å². The van der Waals surface area contributed by atoms with E-state index >= 15 is 0 Å². The Balaban J connectivity index is 2.01. The van der Waals surface area contributed by atoms with Crippen molar-refractivity contribution in [1.82, 2.24) is 15.2 Å². The molecule has 1 aromatic heterocycles. The van der Waals surface area contributed by atoms with Gasteiger partial charge < -0.3 is 20.4 Å². The molecule has 1 aromatic rings. The molecule has 3 atom stereocenters. The number of aliphatic carboxylic acids is 1. The summed E-state index contributed by atoms with van der Waals surface area (Å²) in [6.45, 7) is 3.87. The topological polar surface area (TPSA) is 103 Å². The number of carbonyl (C=O) groups excluding carboxylic acids is 1. The number of nitrogens with one attached hydrogen (secondary N) is 1. The third kappa shape index (κ3) is 3.51. The minimum atomic E-state index is -1.10. The molecule has 0 spiro atoms. The van der Waals surface area contributed by atoms with E-state index in [4.69, 9.17) is 5.11 Å². The van der Waals surface area contributed by atoms with Crippen LogP contribution in [-0.4, -0.2) is 50.8 Å². The molecule has 0 aliphatic carbocycles. The van der Waals surface area contributed by atoms with E-state index in [1.165, 1.54) is 11.3 Å². The molecule has 0 aromatic carbocycles. The van der Waals surface area contributed by atoms with Crippen molar-refractivity contribution >= 4 is 23.3 Å². The maximum Gasteiger partial charge on any atom is 0.326 e. The third-order valence-corrected chi connectivity index (χ3v) is 4.78. The highest BCUT2D eigenvalue weighted by Gasteiger charge is 2.39. The summed E-state index contributed by atoms with van der Waals surface area (Å²) in [5.41, 5.74) is 0. The van der Waals surface area contributed by atoms with Crippen LogP contribution in [0.1, 0.15) is 36.2 Å². The quantitative estimate of drug-likeness (QED) is 0.769. The molecule has 0 saturated carbocycles. The lowest BCUT2D eigenvalue weighted by atomic mass is 10.2. The number of rotatable bonds is 4. The van der Waals surface area contributed by atoms with E-state index in [1.54, 1.807) is 13.1 Å². The Hall–Kier alpha value is -1.67. The number of β-amino-alcohol motifs (C(OH)–C–C–N with tert-alkyl or cyclic N) is 1. The van der Waals surface area contributed by atoms with Crippen LogP contribution in [0.25, 0.3) is 0 Å².